The van der Waals surface area contributed by atoms with Crippen LogP contribution in [0.2, 0.25) is 0 Å². The van der Waals surface area contributed by atoms with Crippen LogP contribution in [0.25, 0.3) is 28.0 Å². The van der Waals surface area contributed by atoms with Crippen LogP contribution in [-0.2, 0) is 16.6 Å². The second-order valence-electron chi connectivity index (χ2n) is 11.7. The Labute approximate surface area is 272 Å². The van der Waals surface area contributed by atoms with Crippen molar-refractivity contribution in [3.63, 3.8) is 0 Å². The molecule has 0 saturated carbocycles. The molecule has 48 heavy (non-hydrogen) atoms. The van der Waals surface area contributed by atoms with Crippen LogP contribution in [0.4, 0.5) is 0 Å². The molecule has 0 unspecified atom stereocenters. The normalized spacial score (nSPS) is 18.3. The zero-order valence-corrected chi connectivity index (χ0v) is 25.9. The summed E-state index contributed by atoms with van der Waals surface area (Å²) in [5, 5.41) is 34.8. The Bertz CT molecular complexity index is 2340. The van der Waals surface area contributed by atoms with E-state index < -0.39 is 79.4 Å². The van der Waals surface area contributed by atoms with Crippen molar-refractivity contribution in [2.75, 3.05) is 14.2 Å². The fourth-order valence-corrected chi connectivity index (χ4v) is 7.30. The van der Waals surface area contributed by atoms with E-state index in [0.29, 0.717) is 33.5 Å². The lowest BCUT2D eigenvalue weighted by Gasteiger charge is -2.24. The average Bonchev–Trinajstić information content (AvgIpc) is 3.57. The van der Waals surface area contributed by atoms with Crippen LogP contribution in [0.1, 0.15) is 71.6 Å². The van der Waals surface area contributed by atoms with Crippen molar-refractivity contribution in [3.05, 3.63) is 110 Å². The molecule has 0 fully saturated rings. The van der Waals surface area contributed by atoms with Gasteiger partial charge in [0.1, 0.15) is 28.4 Å². The van der Waals surface area contributed by atoms with E-state index in [4.69, 9.17) is 9.47 Å². The molecule has 1 atom stereocenters. The highest BCUT2D eigenvalue weighted by molar-refractivity contribution is 6.39. The largest absolute Gasteiger partial charge is 0.507 e. The fourth-order valence-electron chi connectivity index (χ4n) is 7.30. The lowest BCUT2D eigenvalue weighted by molar-refractivity contribution is 0.0790. The summed E-state index contributed by atoms with van der Waals surface area (Å²) in [5.74, 6) is -6.18. The lowest BCUT2D eigenvalue weighted by Crippen LogP contribution is -2.36. The Kier molecular flexibility index (Phi) is 6.76. The van der Waals surface area contributed by atoms with E-state index >= 15 is 0 Å². The average molecular weight is 646 g/mol. The van der Waals surface area contributed by atoms with Crippen LogP contribution >= 0.6 is 0 Å². The quantitative estimate of drug-likeness (QED) is 0.130. The monoisotopic (exact) mass is 645 g/mol. The Morgan fingerprint density at radius 2 is 1.48 bits per heavy atom. The highest BCUT2D eigenvalue weighted by Gasteiger charge is 2.62. The summed E-state index contributed by atoms with van der Waals surface area (Å²) >= 11 is 0. The Morgan fingerprint density at radius 3 is 2.10 bits per heavy atom. The minimum absolute atomic E-state index is 0.0800. The topological polar surface area (TPSA) is 180 Å². The number of ether oxygens (including phenoxy) is 2. The number of carbonyl (C=O) groups is 4. The molecule has 1 spiro atoms. The summed E-state index contributed by atoms with van der Waals surface area (Å²) in [4.78, 5) is 71.6. The molecule has 7 rings (SSSR count). The number of hydrogen-bond donors (Lipinski definition) is 4. The molecule has 0 amide bonds. The first-order valence-electron chi connectivity index (χ1n) is 15.0. The van der Waals surface area contributed by atoms with Gasteiger partial charge >= 0.3 is 0 Å². The van der Waals surface area contributed by atoms with Crippen molar-refractivity contribution < 1.29 is 44.0 Å². The molecule has 0 bridgehead atoms. The van der Waals surface area contributed by atoms with Gasteiger partial charge in [0, 0.05) is 22.7 Å². The lowest BCUT2D eigenvalue weighted by atomic mass is 9.75. The summed E-state index contributed by atoms with van der Waals surface area (Å²) in [6.45, 7) is 1.84. The predicted molar refractivity (Wildman–Crippen MR) is 174 cm³/mol. The number of benzene rings is 3. The van der Waals surface area contributed by atoms with Crippen molar-refractivity contribution in [1.82, 2.24) is 4.98 Å². The number of allylic oxidation sites excluding steroid dienone is 5. The smallest absolute Gasteiger partial charge is 0.260 e. The molecule has 1 aromatic heterocycles. The third-order valence-electron chi connectivity index (χ3n) is 9.39. The number of nitrogens with one attached hydrogen (secondary N) is 1. The minimum atomic E-state index is -2.18. The number of Topliss-reactive ketones (excluding diaryl/α,β-unsaturated/α-hetero) is 3. The molecule has 3 aliphatic carbocycles. The number of fused-ring (bicyclic) bond motifs is 5. The Morgan fingerprint density at radius 1 is 0.812 bits per heavy atom. The molecule has 3 aromatic carbocycles. The van der Waals surface area contributed by atoms with Gasteiger partial charge in [-0.05, 0) is 60.7 Å². The van der Waals surface area contributed by atoms with Crippen molar-refractivity contribution in [3.8, 4) is 34.1 Å². The zero-order valence-electron chi connectivity index (χ0n) is 25.9. The maximum Gasteiger partial charge on any atom is 0.260 e. The number of aromatic amines is 1. The van der Waals surface area contributed by atoms with Crippen molar-refractivity contribution in [2.24, 2.45) is 0 Å². The van der Waals surface area contributed by atoms with E-state index in [1.807, 2.05) is 13.0 Å². The summed E-state index contributed by atoms with van der Waals surface area (Å²) < 4.78 is 10.3. The van der Waals surface area contributed by atoms with Crippen molar-refractivity contribution >= 4 is 40.0 Å². The first-order valence-corrected chi connectivity index (χ1v) is 15.0. The summed E-state index contributed by atoms with van der Waals surface area (Å²) in [6.07, 6.45) is 7.73. The van der Waals surface area contributed by atoms with Crippen molar-refractivity contribution in [1.29, 1.82) is 0 Å². The van der Waals surface area contributed by atoms with Gasteiger partial charge in [-0.3, -0.25) is 24.0 Å². The number of phenolic OH excluding ortho intramolecular Hbond substituents is 3. The number of carbonyl (C=O) groups excluding carboxylic acids is 4. The first-order chi connectivity index (χ1) is 23.0. The second-order valence-corrected chi connectivity index (χ2v) is 11.7. The van der Waals surface area contributed by atoms with Crippen LogP contribution in [0, 0.1) is 0 Å². The molecule has 1 heterocycles. The SMILES string of the molecule is C/C=C/C=C/c1cc2c(-c3ccc(OC)cc3)c3c(c(O)c2c(=O)[nH]1)[C@@]1(CC3)C(=O)c2c(O)c3c(c(O)c2C1=O)C(=O)C(OC)=CC3=O. The van der Waals surface area contributed by atoms with E-state index in [-0.39, 0.29) is 23.8 Å². The van der Waals surface area contributed by atoms with Crippen LogP contribution < -0.4 is 10.3 Å². The van der Waals surface area contributed by atoms with Crippen LogP contribution in [0.5, 0.6) is 23.0 Å². The third-order valence-corrected chi connectivity index (χ3v) is 9.39. The number of phenols is 3. The van der Waals surface area contributed by atoms with Gasteiger partial charge in [0.2, 0.25) is 5.78 Å². The van der Waals surface area contributed by atoms with Gasteiger partial charge in [-0.25, -0.2) is 0 Å². The maximum absolute atomic E-state index is 14.5. The van der Waals surface area contributed by atoms with Crippen LogP contribution in [0.15, 0.2) is 65.2 Å². The molecule has 3 aliphatic rings. The number of hydrogen-bond acceptors (Lipinski definition) is 10. The highest BCUT2D eigenvalue weighted by Crippen LogP contribution is 2.59. The Balaban J connectivity index is 1.55. The van der Waals surface area contributed by atoms with Gasteiger partial charge in [0.15, 0.2) is 23.1 Å². The van der Waals surface area contributed by atoms with E-state index in [1.54, 1.807) is 48.6 Å². The fraction of sp³-hybridized carbons (Fsp3) is 0.162. The van der Waals surface area contributed by atoms with Crippen LogP contribution in [-0.4, -0.2) is 57.7 Å². The standard InChI is InChI=1S/C37H27NO10/c1-4-5-6-7-17-14-20-23(16-8-10-18(47-2)11-9-16)19-12-13-37(29(19)33(43)24(20)36(46)38-17)34(44)27-28(35(37)45)32(42)26-25(31(27)41)21(39)15-22(48-3)30(26)40/h4-11,14-15,41-43H,12-13H2,1-3H3,(H,38,46)/b5-4+,7-6+/t37-/m0/s1. The van der Waals surface area contributed by atoms with Gasteiger partial charge in [-0.15, -0.1) is 0 Å². The third kappa shape index (κ3) is 3.84. The Hall–Kier alpha value is -6.23. The first kappa shape index (κ1) is 30.4. The molecule has 4 aromatic rings. The molecule has 11 heteroatoms. The van der Waals surface area contributed by atoms with Gasteiger partial charge in [0.05, 0.1) is 41.9 Å². The van der Waals surface area contributed by atoms with Crippen molar-refractivity contribution in [2.45, 2.75) is 25.2 Å². The number of aromatic nitrogens is 1. The molecular formula is C37H27NO10. The molecule has 240 valence electrons. The van der Waals surface area contributed by atoms with E-state index in [9.17, 15) is 39.3 Å². The van der Waals surface area contributed by atoms with E-state index in [0.717, 1.165) is 13.2 Å². The van der Waals surface area contributed by atoms with E-state index in [2.05, 4.69) is 4.98 Å². The minimum Gasteiger partial charge on any atom is -0.507 e. The summed E-state index contributed by atoms with van der Waals surface area (Å²) in [6, 6.07) is 8.62. The summed E-state index contributed by atoms with van der Waals surface area (Å²) in [7, 11) is 2.66. The van der Waals surface area contributed by atoms with E-state index in [1.165, 1.54) is 7.11 Å². The number of pyridine rings is 1. The molecular weight excluding hydrogens is 618 g/mol. The highest BCUT2D eigenvalue weighted by atomic mass is 16.5. The zero-order chi connectivity index (χ0) is 34.2. The molecule has 0 saturated heterocycles. The molecule has 0 aliphatic heterocycles. The molecule has 4 N–H and O–H groups in total. The van der Waals surface area contributed by atoms with Gasteiger partial charge < -0.3 is 29.8 Å². The predicted octanol–water partition coefficient (Wildman–Crippen LogP) is 5.08. The number of ketones is 4. The molecule has 0 radical (unpaired) electrons. The number of H-pyrrole nitrogens is 1. The molecule has 11 nitrogen and oxygen atoms in total. The van der Waals surface area contributed by atoms with Gasteiger partial charge in [0.25, 0.3) is 5.56 Å². The van der Waals surface area contributed by atoms with Gasteiger partial charge in [-0.1, -0.05) is 30.4 Å². The number of methoxy groups -OCH3 is 2. The number of aromatic hydroxyl groups is 3. The second kappa shape index (κ2) is 10.7. The number of rotatable bonds is 5. The maximum atomic E-state index is 14.5. The summed E-state index contributed by atoms with van der Waals surface area (Å²) in [5.41, 5.74) is -3.64. The van der Waals surface area contributed by atoms with Crippen LogP contribution in [0.3, 0.4) is 0 Å². The van der Waals surface area contributed by atoms with Gasteiger partial charge in [-0.2, -0.15) is 0 Å².